The van der Waals surface area contributed by atoms with Crippen molar-refractivity contribution in [3.05, 3.63) is 59.7 Å². The second kappa shape index (κ2) is 13.6. The molecule has 0 radical (unpaired) electrons. The van der Waals surface area contributed by atoms with Crippen LogP contribution >= 0.6 is 8.60 Å². The molecule has 1 aliphatic heterocycles. The van der Waals surface area contributed by atoms with Crippen LogP contribution in [0.4, 0.5) is 0 Å². The Bertz CT molecular complexity index is 1040. The molecule has 0 unspecified atom stereocenters. The van der Waals surface area contributed by atoms with Crippen molar-refractivity contribution in [2.24, 2.45) is 17.8 Å². The van der Waals surface area contributed by atoms with Crippen molar-refractivity contribution in [3.8, 4) is 11.5 Å². The Kier molecular flexibility index (Phi) is 10.8. The summed E-state index contributed by atoms with van der Waals surface area (Å²) in [6.45, 7) is 13.4. The first-order chi connectivity index (χ1) is 18.5. The Morgan fingerprint density at radius 1 is 1.00 bits per heavy atom. The van der Waals surface area contributed by atoms with Gasteiger partial charge in [-0.2, -0.15) is 0 Å². The van der Waals surface area contributed by atoms with Gasteiger partial charge in [-0.25, -0.2) is 9.32 Å². The van der Waals surface area contributed by atoms with Crippen molar-refractivity contribution in [1.29, 1.82) is 0 Å². The molecule has 2 aromatic carbocycles. The summed E-state index contributed by atoms with van der Waals surface area (Å²) in [6, 6.07) is 15.0. The van der Waals surface area contributed by atoms with E-state index >= 15 is 0 Å². The summed E-state index contributed by atoms with van der Waals surface area (Å²) in [7, 11) is -0.857. The fourth-order valence-electron chi connectivity index (χ4n) is 4.81. The fraction of sp³-hybridized carbons (Fsp3) is 0.533. The van der Waals surface area contributed by atoms with Crippen LogP contribution in [-0.4, -0.2) is 37.0 Å². The van der Waals surface area contributed by atoms with Crippen LogP contribution in [0.3, 0.4) is 0 Å². The van der Waals surface area contributed by atoms with Gasteiger partial charge in [0.25, 0.3) is 5.79 Å². The number of carbonyl (C=O) groups excluding carboxylic acids is 2. The molecule has 3 rings (SSSR count). The van der Waals surface area contributed by atoms with E-state index in [0.717, 1.165) is 11.1 Å². The van der Waals surface area contributed by atoms with Gasteiger partial charge < -0.3 is 23.3 Å². The Morgan fingerprint density at radius 2 is 1.51 bits per heavy atom. The molecule has 1 fully saturated rings. The summed E-state index contributed by atoms with van der Waals surface area (Å²) in [5.74, 6) is -1.91. The van der Waals surface area contributed by atoms with E-state index in [-0.39, 0.29) is 36.2 Å². The molecular weight excluding hydrogens is 519 g/mol. The molecule has 0 bridgehead atoms. The van der Waals surface area contributed by atoms with Gasteiger partial charge in [0.2, 0.25) is 0 Å². The van der Waals surface area contributed by atoms with E-state index in [1.165, 1.54) is 14.0 Å². The standard InChI is InChI=1S/C30H41O8P/c1-9-27(34-24(7)31)23(6)28-22(5)21(4)18-30(35-28,29(32)33-8)38-39(36-25-14-10-19(2)11-15-25)37-26-16-12-20(3)13-17-26/h10-17,21-23,27-28H,9,18H2,1-8H3/t21-,22-,23-,27-,28-,30-/m1/s1. The Morgan fingerprint density at radius 3 is 1.95 bits per heavy atom. The lowest BCUT2D eigenvalue weighted by Crippen LogP contribution is -2.57. The molecule has 1 saturated heterocycles. The van der Waals surface area contributed by atoms with Crippen molar-refractivity contribution in [3.63, 3.8) is 0 Å². The van der Waals surface area contributed by atoms with E-state index in [2.05, 4.69) is 6.92 Å². The zero-order valence-corrected chi connectivity index (χ0v) is 25.0. The SMILES string of the molecule is CC[C@@H](OC(C)=O)[C@@H](C)[C@@H]1O[C@](OP(Oc2ccc(C)cc2)Oc2ccc(C)cc2)(C(=O)OC)C[C@@H](C)[C@H]1C. The maximum atomic E-state index is 13.4. The first kappa shape index (κ1) is 30.9. The molecule has 9 heteroatoms. The van der Waals surface area contributed by atoms with E-state index in [1.54, 1.807) is 0 Å². The zero-order chi connectivity index (χ0) is 28.7. The molecule has 0 aliphatic carbocycles. The van der Waals surface area contributed by atoms with Gasteiger partial charge in [-0.3, -0.25) is 4.79 Å². The van der Waals surface area contributed by atoms with Gasteiger partial charge in [0.15, 0.2) is 0 Å². The monoisotopic (exact) mass is 560 g/mol. The minimum absolute atomic E-state index is 0.00994. The average Bonchev–Trinajstić information content (AvgIpc) is 2.90. The van der Waals surface area contributed by atoms with E-state index < -0.39 is 26.5 Å². The number of esters is 2. The predicted molar refractivity (Wildman–Crippen MR) is 149 cm³/mol. The fourth-order valence-corrected chi connectivity index (χ4v) is 5.94. The van der Waals surface area contributed by atoms with Crippen LogP contribution < -0.4 is 9.05 Å². The van der Waals surface area contributed by atoms with Gasteiger partial charge in [-0.15, -0.1) is 0 Å². The van der Waals surface area contributed by atoms with Crippen LogP contribution in [0.25, 0.3) is 0 Å². The van der Waals surface area contributed by atoms with E-state index in [0.29, 0.717) is 17.9 Å². The molecule has 214 valence electrons. The Labute approximate surface area is 233 Å². The number of ether oxygens (including phenoxy) is 3. The number of hydrogen-bond acceptors (Lipinski definition) is 8. The van der Waals surface area contributed by atoms with Crippen LogP contribution in [0.5, 0.6) is 11.5 Å². The number of hydrogen-bond donors (Lipinski definition) is 0. The maximum absolute atomic E-state index is 13.4. The van der Waals surface area contributed by atoms with Gasteiger partial charge in [0.05, 0.1) is 13.2 Å². The third kappa shape index (κ3) is 7.93. The van der Waals surface area contributed by atoms with Gasteiger partial charge in [-0.05, 0) is 56.4 Å². The van der Waals surface area contributed by atoms with Crippen LogP contribution in [-0.2, 0) is 28.3 Å². The molecule has 0 saturated carbocycles. The van der Waals surface area contributed by atoms with E-state index in [1.807, 2.05) is 83.1 Å². The highest BCUT2D eigenvalue weighted by Gasteiger charge is 2.56. The Hall–Kier alpha value is -2.67. The molecule has 2 aromatic rings. The summed E-state index contributed by atoms with van der Waals surface area (Å²) in [5, 5.41) is 0. The normalized spacial score (nSPS) is 24.5. The van der Waals surface area contributed by atoms with E-state index in [4.69, 9.17) is 27.8 Å². The molecule has 8 nitrogen and oxygen atoms in total. The van der Waals surface area contributed by atoms with Crippen LogP contribution in [0.15, 0.2) is 48.5 Å². The second-order valence-electron chi connectivity index (χ2n) is 10.4. The third-order valence-corrected chi connectivity index (χ3v) is 8.44. The summed E-state index contributed by atoms with van der Waals surface area (Å²) < 4.78 is 36.1. The van der Waals surface area contributed by atoms with Crippen LogP contribution in [0.1, 0.15) is 58.6 Å². The molecule has 0 amide bonds. The molecule has 6 atom stereocenters. The van der Waals surface area contributed by atoms with Gasteiger partial charge in [0, 0.05) is 19.3 Å². The quantitative estimate of drug-likeness (QED) is 0.216. The van der Waals surface area contributed by atoms with Crippen molar-refractivity contribution < 1.29 is 37.4 Å². The number of benzene rings is 2. The molecule has 0 N–H and O–H groups in total. The summed E-state index contributed by atoms with van der Waals surface area (Å²) in [5.41, 5.74) is 2.15. The van der Waals surface area contributed by atoms with Crippen LogP contribution in [0, 0.1) is 31.6 Å². The average molecular weight is 561 g/mol. The summed E-state index contributed by atoms with van der Waals surface area (Å²) >= 11 is 0. The first-order valence-corrected chi connectivity index (χ1v) is 14.5. The van der Waals surface area contributed by atoms with Crippen LogP contribution in [0.2, 0.25) is 0 Å². The third-order valence-electron chi connectivity index (χ3n) is 7.28. The lowest BCUT2D eigenvalue weighted by molar-refractivity contribution is -0.278. The lowest BCUT2D eigenvalue weighted by atomic mass is 9.76. The van der Waals surface area contributed by atoms with Crippen molar-refractivity contribution >= 4 is 20.5 Å². The summed E-state index contributed by atoms with van der Waals surface area (Å²) in [4.78, 5) is 25.2. The van der Waals surface area contributed by atoms with Gasteiger partial charge in [0.1, 0.15) is 17.6 Å². The highest BCUT2D eigenvalue weighted by molar-refractivity contribution is 7.42. The molecule has 0 spiro atoms. The van der Waals surface area contributed by atoms with Crippen molar-refractivity contribution in [1.82, 2.24) is 0 Å². The minimum Gasteiger partial charge on any atom is -0.465 e. The highest BCUT2D eigenvalue weighted by Crippen LogP contribution is 2.51. The topological polar surface area (TPSA) is 89.5 Å². The van der Waals surface area contributed by atoms with E-state index in [9.17, 15) is 9.59 Å². The molecule has 1 aliphatic rings. The van der Waals surface area contributed by atoms with Gasteiger partial charge >= 0.3 is 20.5 Å². The first-order valence-electron chi connectivity index (χ1n) is 13.4. The predicted octanol–water partition coefficient (Wildman–Crippen LogP) is 6.91. The molecular formula is C30H41O8P. The summed E-state index contributed by atoms with van der Waals surface area (Å²) in [6.07, 6.45) is -0.00697. The van der Waals surface area contributed by atoms with Crippen molar-refractivity contribution in [2.75, 3.05) is 7.11 Å². The number of aryl methyl sites for hydroxylation is 2. The number of rotatable bonds is 11. The molecule has 39 heavy (non-hydrogen) atoms. The van der Waals surface area contributed by atoms with Gasteiger partial charge in [-0.1, -0.05) is 63.1 Å². The lowest BCUT2D eigenvalue weighted by Gasteiger charge is -2.47. The highest BCUT2D eigenvalue weighted by atomic mass is 31.2. The molecule has 1 heterocycles. The van der Waals surface area contributed by atoms with Crippen molar-refractivity contribution in [2.45, 2.75) is 79.3 Å². The largest absolute Gasteiger partial charge is 0.466 e. The zero-order valence-electron chi connectivity index (χ0n) is 24.1. The maximum Gasteiger partial charge on any atom is 0.466 e. The Balaban J connectivity index is 1.97. The molecule has 0 aromatic heterocycles. The second-order valence-corrected chi connectivity index (χ2v) is 11.4. The smallest absolute Gasteiger partial charge is 0.465 e. The number of carbonyl (C=O) groups is 2. The number of methoxy groups -OCH3 is 1. The minimum atomic E-state index is -2.16.